The summed E-state index contributed by atoms with van der Waals surface area (Å²) in [7, 11) is 3.82. The average molecular weight is 259 g/mol. The first-order valence-electron chi connectivity index (χ1n) is 5.61. The van der Waals surface area contributed by atoms with E-state index in [4.69, 9.17) is 0 Å². The van der Waals surface area contributed by atoms with Crippen LogP contribution in [0, 0.1) is 6.92 Å². The van der Waals surface area contributed by atoms with Gasteiger partial charge < -0.3 is 9.88 Å². The molecule has 3 heterocycles. The first-order valence-corrected chi connectivity index (χ1v) is 6.43. The number of nitrogens with zero attached hydrogens (tertiary/aromatic N) is 4. The lowest BCUT2D eigenvalue weighted by Gasteiger charge is -2.05. The van der Waals surface area contributed by atoms with Crippen molar-refractivity contribution in [3.8, 4) is 11.5 Å². The molecule has 0 spiro atoms. The van der Waals surface area contributed by atoms with Gasteiger partial charge in [-0.3, -0.25) is 0 Å². The highest BCUT2D eigenvalue weighted by molar-refractivity contribution is 7.18. The van der Waals surface area contributed by atoms with Gasteiger partial charge in [-0.05, 0) is 13.0 Å². The van der Waals surface area contributed by atoms with E-state index in [0.717, 1.165) is 21.7 Å². The zero-order valence-corrected chi connectivity index (χ0v) is 11.2. The van der Waals surface area contributed by atoms with Crippen LogP contribution >= 0.6 is 11.3 Å². The van der Waals surface area contributed by atoms with Crippen LogP contribution in [0.3, 0.4) is 0 Å². The SMILES string of the molecule is CNc1nc(-c2cncn2C)nc2sc(C)cc12. The lowest BCUT2D eigenvalue weighted by molar-refractivity contribution is 0.911. The van der Waals surface area contributed by atoms with Crippen LogP contribution in [0.1, 0.15) is 4.88 Å². The molecule has 0 amide bonds. The van der Waals surface area contributed by atoms with Crippen LogP contribution in [-0.4, -0.2) is 26.6 Å². The molecule has 0 bridgehead atoms. The molecular formula is C12H13N5S. The zero-order valence-electron chi connectivity index (χ0n) is 10.4. The lowest BCUT2D eigenvalue weighted by Crippen LogP contribution is -1.99. The van der Waals surface area contributed by atoms with E-state index in [-0.39, 0.29) is 0 Å². The Morgan fingerprint density at radius 2 is 2.17 bits per heavy atom. The number of hydrogen-bond acceptors (Lipinski definition) is 5. The van der Waals surface area contributed by atoms with E-state index in [9.17, 15) is 0 Å². The standard InChI is InChI=1S/C12H13N5S/c1-7-4-8-10(13-2)15-11(16-12(8)18-7)9-5-14-6-17(9)3/h4-6H,1-3H3,(H,13,15,16). The van der Waals surface area contributed by atoms with Crippen LogP contribution in [0.4, 0.5) is 5.82 Å². The largest absolute Gasteiger partial charge is 0.372 e. The van der Waals surface area contributed by atoms with Gasteiger partial charge in [0.25, 0.3) is 0 Å². The van der Waals surface area contributed by atoms with E-state index < -0.39 is 0 Å². The highest BCUT2D eigenvalue weighted by Gasteiger charge is 2.12. The van der Waals surface area contributed by atoms with Crippen LogP contribution in [0.2, 0.25) is 0 Å². The smallest absolute Gasteiger partial charge is 0.181 e. The van der Waals surface area contributed by atoms with Gasteiger partial charge in [0.05, 0.1) is 17.9 Å². The fourth-order valence-electron chi connectivity index (χ4n) is 1.92. The Morgan fingerprint density at radius 1 is 1.33 bits per heavy atom. The number of fused-ring (bicyclic) bond motifs is 1. The Bertz CT molecular complexity index is 712. The average Bonchev–Trinajstić information content (AvgIpc) is 2.92. The van der Waals surface area contributed by atoms with Crippen molar-refractivity contribution >= 4 is 27.4 Å². The Hall–Kier alpha value is -1.95. The van der Waals surface area contributed by atoms with Gasteiger partial charge in [0.1, 0.15) is 16.3 Å². The highest BCUT2D eigenvalue weighted by Crippen LogP contribution is 2.30. The number of rotatable bonds is 2. The summed E-state index contributed by atoms with van der Waals surface area (Å²) in [4.78, 5) is 15.5. The molecule has 0 aliphatic heterocycles. The van der Waals surface area contributed by atoms with Crippen molar-refractivity contribution in [2.45, 2.75) is 6.92 Å². The van der Waals surface area contributed by atoms with E-state index >= 15 is 0 Å². The molecule has 3 aromatic rings. The van der Waals surface area contributed by atoms with Gasteiger partial charge in [0.15, 0.2) is 5.82 Å². The maximum atomic E-state index is 4.61. The molecule has 0 radical (unpaired) electrons. The van der Waals surface area contributed by atoms with Crippen LogP contribution in [0.25, 0.3) is 21.7 Å². The minimum Gasteiger partial charge on any atom is -0.372 e. The topological polar surface area (TPSA) is 55.6 Å². The molecule has 0 unspecified atom stereocenters. The quantitative estimate of drug-likeness (QED) is 0.768. The molecule has 0 atom stereocenters. The van der Waals surface area contributed by atoms with Crippen molar-refractivity contribution < 1.29 is 0 Å². The van der Waals surface area contributed by atoms with Crippen molar-refractivity contribution in [2.75, 3.05) is 12.4 Å². The predicted molar refractivity (Wildman–Crippen MR) is 73.9 cm³/mol. The molecule has 92 valence electrons. The van der Waals surface area contributed by atoms with Crippen LogP contribution in [0.5, 0.6) is 0 Å². The summed E-state index contributed by atoms with van der Waals surface area (Å²) in [5, 5.41) is 4.21. The number of anilines is 1. The minimum atomic E-state index is 0.703. The monoisotopic (exact) mass is 259 g/mol. The molecule has 3 aromatic heterocycles. The summed E-state index contributed by atoms with van der Waals surface area (Å²) >= 11 is 1.68. The molecule has 0 aromatic carbocycles. The van der Waals surface area contributed by atoms with Gasteiger partial charge in [-0.25, -0.2) is 15.0 Å². The van der Waals surface area contributed by atoms with Crippen molar-refractivity contribution in [1.82, 2.24) is 19.5 Å². The van der Waals surface area contributed by atoms with Gasteiger partial charge in [0.2, 0.25) is 0 Å². The molecule has 6 heteroatoms. The number of nitrogens with one attached hydrogen (secondary N) is 1. The van der Waals surface area contributed by atoms with Crippen LogP contribution in [0.15, 0.2) is 18.6 Å². The summed E-state index contributed by atoms with van der Waals surface area (Å²) in [6.45, 7) is 2.08. The second kappa shape index (κ2) is 4.06. The Morgan fingerprint density at radius 3 is 2.83 bits per heavy atom. The first kappa shape index (κ1) is 11.2. The van der Waals surface area contributed by atoms with Gasteiger partial charge in [-0.1, -0.05) is 0 Å². The normalized spacial score (nSPS) is 11.1. The first-order chi connectivity index (χ1) is 8.69. The second-order valence-electron chi connectivity index (χ2n) is 4.11. The van der Waals surface area contributed by atoms with Crippen molar-refractivity contribution in [1.29, 1.82) is 0 Å². The number of aromatic nitrogens is 4. The van der Waals surface area contributed by atoms with Gasteiger partial charge >= 0.3 is 0 Å². The second-order valence-corrected chi connectivity index (χ2v) is 5.35. The maximum Gasteiger partial charge on any atom is 0.181 e. The fourth-order valence-corrected chi connectivity index (χ4v) is 2.80. The number of aryl methyl sites for hydroxylation is 2. The third-order valence-corrected chi connectivity index (χ3v) is 3.74. The third-order valence-electron chi connectivity index (χ3n) is 2.80. The Balaban J connectivity index is 2.28. The van der Waals surface area contributed by atoms with Gasteiger partial charge in [-0.2, -0.15) is 0 Å². The summed E-state index contributed by atoms with van der Waals surface area (Å²) in [6.07, 6.45) is 3.53. The maximum absolute atomic E-state index is 4.61. The number of imidazole rings is 1. The summed E-state index contributed by atoms with van der Waals surface area (Å²) in [5.41, 5.74) is 0.916. The summed E-state index contributed by atoms with van der Waals surface area (Å²) in [5.74, 6) is 1.56. The van der Waals surface area contributed by atoms with Gasteiger partial charge in [-0.15, -0.1) is 11.3 Å². The zero-order chi connectivity index (χ0) is 12.7. The molecule has 0 aliphatic carbocycles. The summed E-state index contributed by atoms with van der Waals surface area (Å²) < 4.78 is 1.92. The molecule has 0 saturated carbocycles. The van der Waals surface area contributed by atoms with Crippen molar-refractivity contribution in [3.05, 3.63) is 23.5 Å². The van der Waals surface area contributed by atoms with E-state index in [1.807, 2.05) is 18.7 Å². The third kappa shape index (κ3) is 1.65. The lowest BCUT2D eigenvalue weighted by atomic mass is 10.3. The molecular weight excluding hydrogens is 246 g/mol. The van der Waals surface area contributed by atoms with Crippen molar-refractivity contribution in [2.24, 2.45) is 7.05 Å². The Labute approximate surface area is 109 Å². The van der Waals surface area contributed by atoms with Crippen molar-refractivity contribution in [3.63, 3.8) is 0 Å². The molecule has 0 fully saturated rings. The van der Waals surface area contributed by atoms with Crippen LogP contribution in [-0.2, 0) is 7.05 Å². The number of thiophene rings is 1. The summed E-state index contributed by atoms with van der Waals surface area (Å²) in [6, 6.07) is 2.11. The van der Waals surface area contributed by atoms with E-state index in [0.29, 0.717) is 5.82 Å². The fraction of sp³-hybridized carbons (Fsp3) is 0.250. The molecule has 5 nitrogen and oxygen atoms in total. The van der Waals surface area contributed by atoms with E-state index in [1.54, 1.807) is 23.9 Å². The predicted octanol–water partition coefficient (Wildman–Crippen LogP) is 2.44. The Kier molecular flexibility index (Phi) is 2.52. The molecule has 3 rings (SSSR count). The molecule has 1 N–H and O–H groups in total. The van der Waals surface area contributed by atoms with Crippen LogP contribution < -0.4 is 5.32 Å². The highest BCUT2D eigenvalue weighted by atomic mass is 32.1. The number of hydrogen-bond donors (Lipinski definition) is 1. The molecule has 18 heavy (non-hydrogen) atoms. The van der Waals surface area contributed by atoms with Gasteiger partial charge in [0, 0.05) is 19.0 Å². The van der Waals surface area contributed by atoms with E-state index in [1.165, 1.54) is 4.88 Å². The molecule has 0 aliphatic rings. The minimum absolute atomic E-state index is 0.703. The molecule has 0 saturated heterocycles. The van der Waals surface area contributed by atoms with E-state index in [2.05, 4.69) is 33.3 Å².